The van der Waals surface area contributed by atoms with Crippen LogP contribution in [0.3, 0.4) is 0 Å². The molecular formula is C22H29N. The van der Waals surface area contributed by atoms with Crippen molar-refractivity contribution in [3.8, 4) is 11.1 Å². The van der Waals surface area contributed by atoms with Gasteiger partial charge in [0.05, 0.1) is 0 Å². The van der Waals surface area contributed by atoms with Gasteiger partial charge in [0.1, 0.15) is 0 Å². The number of nitrogens with zero attached hydrogens (tertiary/aromatic N) is 1. The molecule has 122 valence electrons. The van der Waals surface area contributed by atoms with E-state index in [9.17, 15) is 0 Å². The summed E-state index contributed by atoms with van der Waals surface area (Å²) in [6.07, 6.45) is 6.88. The van der Waals surface area contributed by atoms with Gasteiger partial charge in [0, 0.05) is 19.3 Å². The van der Waals surface area contributed by atoms with E-state index in [2.05, 4.69) is 68.3 Å². The SMILES string of the molecule is CCN(C)c1ccc(-c2ccccc2)c(C)c1C1CCCCC1. The van der Waals surface area contributed by atoms with E-state index in [-0.39, 0.29) is 0 Å². The van der Waals surface area contributed by atoms with Crippen molar-refractivity contribution in [1.82, 2.24) is 0 Å². The minimum atomic E-state index is 0.733. The third-order valence-electron chi connectivity index (χ3n) is 5.48. The predicted molar refractivity (Wildman–Crippen MR) is 101 cm³/mol. The molecule has 0 unspecified atom stereocenters. The highest BCUT2D eigenvalue weighted by Crippen LogP contribution is 2.42. The standard InChI is InChI=1S/C22H29N/c1-4-23(3)21-16-15-20(18-11-7-5-8-12-18)17(2)22(21)19-13-9-6-10-14-19/h5,7-8,11-12,15-16,19H,4,6,9-10,13-14H2,1-3H3. The molecule has 0 N–H and O–H groups in total. The van der Waals surface area contributed by atoms with Gasteiger partial charge in [-0.15, -0.1) is 0 Å². The summed E-state index contributed by atoms with van der Waals surface area (Å²) in [6, 6.07) is 15.5. The zero-order valence-electron chi connectivity index (χ0n) is 14.8. The molecule has 0 radical (unpaired) electrons. The number of hydrogen-bond donors (Lipinski definition) is 0. The summed E-state index contributed by atoms with van der Waals surface area (Å²) in [6.45, 7) is 5.63. The van der Waals surface area contributed by atoms with Gasteiger partial charge in [-0.2, -0.15) is 0 Å². The van der Waals surface area contributed by atoms with Gasteiger partial charge in [-0.3, -0.25) is 0 Å². The molecule has 1 saturated carbocycles. The van der Waals surface area contributed by atoms with Crippen LogP contribution in [0.2, 0.25) is 0 Å². The lowest BCUT2D eigenvalue weighted by Crippen LogP contribution is -2.20. The van der Waals surface area contributed by atoms with Gasteiger partial charge >= 0.3 is 0 Å². The Morgan fingerprint density at radius 2 is 1.65 bits per heavy atom. The lowest BCUT2D eigenvalue weighted by Gasteiger charge is -2.31. The molecule has 1 aliphatic rings. The molecule has 0 bridgehead atoms. The molecule has 0 spiro atoms. The third kappa shape index (κ3) is 3.29. The highest BCUT2D eigenvalue weighted by Gasteiger charge is 2.23. The zero-order chi connectivity index (χ0) is 16.2. The third-order valence-corrected chi connectivity index (χ3v) is 5.48. The smallest absolute Gasteiger partial charge is 0.0402 e. The highest BCUT2D eigenvalue weighted by molar-refractivity contribution is 5.74. The average Bonchev–Trinajstić information content (AvgIpc) is 2.62. The van der Waals surface area contributed by atoms with Gasteiger partial charge in [-0.05, 0) is 60.9 Å². The van der Waals surface area contributed by atoms with Crippen LogP contribution < -0.4 is 4.90 Å². The Balaban J connectivity index is 2.11. The molecule has 23 heavy (non-hydrogen) atoms. The van der Waals surface area contributed by atoms with Gasteiger partial charge in [0.25, 0.3) is 0 Å². The summed E-state index contributed by atoms with van der Waals surface area (Å²) in [5, 5.41) is 0. The Labute approximate surface area is 141 Å². The summed E-state index contributed by atoms with van der Waals surface area (Å²) >= 11 is 0. The summed E-state index contributed by atoms with van der Waals surface area (Å²) in [5.41, 5.74) is 7.28. The molecule has 0 atom stereocenters. The molecule has 0 heterocycles. The molecule has 3 rings (SSSR count). The van der Waals surface area contributed by atoms with E-state index in [1.165, 1.54) is 54.5 Å². The van der Waals surface area contributed by atoms with E-state index in [1.54, 1.807) is 5.56 Å². The Kier molecular flexibility index (Phi) is 5.05. The molecule has 0 saturated heterocycles. The lowest BCUT2D eigenvalue weighted by molar-refractivity contribution is 0.442. The largest absolute Gasteiger partial charge is 0.375 e. The van der Waals surface area contributed by atoms with Crippen LogP contribution in [0.25, 0.3) is 11.1 Å². The van der Waals surface area contributed by atoms with Gasteiger partial charge in [0.2, 0.25) is 0 Å². The minimum Gasteiger partial charge on any atom is -0.375 e. The predicted octanol–water partition coefficient (Wildman–Crippen LogP) is 6.17. The van der Waals surface area contributed by atoms with E-state index in [0.717, 1.165) is 12.5 Å². The first-order valence-electron chi connectivity index (χ1n) is 9.12. The molecule has 2 aromatic rings. The number of anilines is 1. The fourth-order valence-electron chi connectivity index (χ4n) is 4.05. The molecule has 0 aliphatic heterocycles. The Hall–Kier alpha value is -1.76. The van der Waals surface area contributed by atoms with Crippen molar-refractivity contribution in [3.63, 3.8) is 0 Å². The lowest BCUT2D eigenvalue weighted by atomic mass is 9.79. The summed E-state index contributed by atoms with van der Waals surface area (Å²) in [5.74, 6) is 0.733. The fraction of sp³-hybridized carbons (Fsp3) is 0.455. The quantitative estimate of drug-likeness (QED) is 0.653. The second-order valence-corrected chi connectivity index (χ2v) is 6.89. The first-order chi connectivity index (χ1) is 11.2. The number of rotatable bonds is 4. The van der Waals surface area contributed by atoms with Crippen molar-refractivity contribution in [3.05, 3.63) is 53.6 Å². The van der Waals surface area contributed by atoms with Crippen LogP contribution in [0, 0.1) is 6.92 Å². The minimum absolute atomic E-state index is 0.733. The van der Waals surface area contributed by atoms with Crippen LogP contribution in [-0.2, 0) is 0 Å². The molecule has 2 aromatic carbocycles. The van der Waals surface area contributed by atoms with Crippen LogP contribution in [0.4, 0.5) is 5.69 Å². The van der Waals surface area contributed by atoms with Crippen molar-refractivity contribution in [2.75, 3.05) is 18.5 Å². The van der Waals surface area contributed by atoms with E-state index in [1.807, 2.05) is 0 Å². The molecule has 0 aromatic heterocycles. The molecule has 1 nitrogen and oxygen atoms in total. The zero-order valence-corrected chi connectivity index (χ0v) is 14.8. The number of hydrogen-bond acceptors (Lipinski definition) is 1. The van der Waals surface area contributed by atoms with Gasteiger partial charge in [-0.25, -0.2) is 0 Å². The maximum Gasteiger partial charge on any atom is 0.0402 e. The van der Waals surface area contributed by atoms with Crippen LogP contribution in [0.1, 0.15) is 56.1 Å². The van der Waals surface area contributed by atoms with Crippen LogP contribution in [-0.4, -0.2) is 13.6 Å². The monoisotopic (exact) mass is 307 g/mol. The highest BCUT2D eigenvalue weighted by atomic mass is 15.1. The topological polar surface area (TPSA) is 3.24 Å². The van der Waals surface area contributed by atoms with E-state index in [0.29, 0.717) is 0 Å². The number of benzene rings is 2. The first-order valence-corrected chi connectivity index (χ1v) is 9.12. The Morgan fingerprint density at radius 1 is 0.957 bits per heavy atom. The average molecular weight is 307 g/mol. The van der Waals surface area contributed by atoms with Crippen LogP contribution >= 0.6 is 0 Å². The normalized spacial score (nSPS) is 15.6. The van der Waals surface area contributed by atoms with Crippen molar-refractivity contribution >= 4 is 5.69 Å². The second kappa shape index (κ2) is 7.21. The van der Waals surface area contributed by atoms with Crippen molar-refractivity contribution in [1.29, 1.82) is 0 Å². The second-order valence-electron chi connectivity index (χ2n) is 6.89. The van der Waals surface area contributed by atoms with Gasteiger partial charge in [-0.1, -0.05) is 55.7 Å². The fourth-order valence-corrected chi connectivity index (χ4v) is 4.05. The first kappa shape index (κ1) is 16.1. The van der Waals surface area contributed by atoms with E-state index < -0.39 is 0 Å². The van der Waals surface area contributed by atoms with E-state index in [4.69, 9.17) is 0 Å². The molecule has 1 heteroatoms. The van der Waals surface area contributed by atoms with Gasteiger partial charge in [0.15, 0.2) is 0 Å². The van der Waals surface area contributed by atoms with Crippen molar-refractivity contribution in [2.24, 2.45) is 0 Å². The summed E-state index contributed by atoms with van der Waals surface area (Å²) < 4.78 is 0. The Morgan fingerprint density at radius 3 is 2.30 bits per heavy atom. The van der Waals surface area contributed by atoms with Crippen molar-refractivity contribution in [2.45, 2.75) is 51.9 Å². The molecule has 1 fully saturated rings. The summed E-state index contributed by atoms with van der Waals surface area (Å²) in [7, 11) is 2.23. The molecule has 1 aliphatic carbocycles. The summed E-state index contributed by atoms with van der Waals surface area (Å²) in [4.78, 5) is 2.41. The van der Waals surface area contributed by atoms with E-state index >= 15 is 0 Å². The van der Waals surface area contributed by atoms with Gasteiger partial charge < -0.3 is 4.90 Å². The van der Waals surface area contributed by atoms with Crippen molar-refractivity contribution < 1.29 is 0 Å². The maximum atomic E-state index is 2.41. The van der Waals surface area contributed by atoms with Crippen LogP contribution in [0.15, 0.2) is 42.5 Å². The molecule has 0 amide bonds. The maximum absolute atomic E-state index is 2.41. The Bertz CT molecular complexity index is 639. The van der Waals surface area contributed by atoms with Crippen LogP contribution in [0.5, 0.6) is 0 Å². The molecular weight excluding hydrogens is 278 g/mol.